The van der Waals surface area contributed by atoms with Gasteiger partial charge in [0.2, 0.25) is 0 Å². The summed E-state index contributed by atoms with van der Waals surface area (Å²) in [5, 5.41) is 9.64. The Balaban J connectivity index is 2.74. The van der Waals surface area contributed by atoms with Gasteiger partial charge in [-0.15, -0.1) is 17.9 Å². The first-order valence-corrected chi connectivity index (χ1v) is 5.29. The average molecular weight is 226 g/mol. The summed E-state index contributed by atoms with van der Waals surface area (Å²) in [5.41, 5.74) is 1.68. The second-order valence-corrected chi connectivity index (χ2v) is 4.45. The molecule has 2 nitrogen and oxygen atoms in total. The van der Waals surface area contributed by atoms with Crippen LogP contribution in [0.1, 0.15) is 5.56 Å². The fraction of sp³-hybridized carbons (Fsp3) is 0.100. The lowest BCUT2D eigenvalue weighted by atomic mass is 10.1. The summed E-state index contributed by atoms with van der Waals surface area (Å²) in [4.78, 5) is 4.14. The molecule has 14 heavy (non-hydrogen) atoms. The lowest BCUT2D eigenvalue weighted by Crippen LogP contribution is -1.82. The molecule has 0 amide bonds. The number of hydrogen-bond donors (Lipinski definition) is 1. The minimum atomic E-state index is 0.276. The summed E-state index contributed by atoms with van der Waals surface area (Å²) in [5.74, 6) is 0.276. The van der Waals surface area contributed by atoms with E-state index in [4.69, 9.17) is 11.6 Å². The maximum atomic E-state index is 9.64. The quantitative estimate of drug-likeness (QED) is 0.795. The monoisotopic (exact) mass is 225 g/mol. The highest BCUT2D eigenvalue weighted by Gasteiger charge is 2.09. The number of aromatic nitrogens is 1. The molecule has 1 aromatic carbocycles. The highest BCUT2D eigenvalue weighted by molar-refractivity contribution is 7.22. The number of benzene rings is 1. The fourth-order valence-electron chi connectivity index (χ4n) is 1.35. The van der Waals surface area contributed by atoms with Crippen LogP contribution in [0.4, 0.5) is 0 Å². The van der Waals surface area contributed by atoms with Crippen molar-refractivity contribution in [1.82, 2.24) is 4.98 Å². The van der Waals surface area contributed by atoms with E-state index in [2.05, 4.69) is 11.6 Å². The van der Waals surface area contributed by atoms with Gasteiger partial charge < -0.3 is 5.11 Å². The van der Waals surface area contributed by atoms with Gasteiger partial charge in [-0.05, 0) is 18.6 Å². The van der Waals surface area contributed by atoms with Crippen molar-refractivity contribution in [3.8, 4) is 5.75 Å². The molecule has 0 fully saturated rings. The smallest absolute Gasteiger partial charge is 0.184 e. The normalized spacial score (nSPS) is 10.6. The first kappa shape index (κ1) is 9.49. The molecule has 1 N–H and O–H groups in total. The van der Waals surface area contributed by atoms with Crippen LogP contribution in [-0.2, 0) is 6.42 Å². The van der Waals surface area contributed by atoms with E-state index < -0.39 is 0 Å². The molecule has 0 radical (unpaired) electrons. The fourth-order valence-corrected chi connectivity index (χ4v) is 2.51. The number of rotatable bonds is 2. The molecular weight excluding hydrogens is 218 g/mol. The Labute approximate surface area is 90.5 Å². The zero-order chi connectivity index (χ0) is 10.1. The Morgan fingerprint density at radius 1 is 1.57 bits per heavy atom. The van der Waals surface area contributed by atoms with Gasteiger partial charge in [0, 0.05) is 5.56 Å². The molecule has 2 rings (SSSR count). The Morgan fingerprint density at radius 2 is 2.36 bits per heavy atom. The van der Waals surface area contributed by atoms with Gasteiger partial charge in [0.05, 0.1) is 10.2 Å². The lowest BCUT2D eigenvalue weighted by molar-refractivity contribution is 0.471. The molecule has 1 aromatic heterocycles. The number of hydrogen-bond acceptors (Lipinski definition) is 3. The first-order valence-electron chi connectivity index (χ1n) is 4.10. The standard InChI is InChI=1S/C10H8ClNOS/c1-2-3-6-8(13)5-4-7-9(6)14-10(11)12-7/h2,4-5,13H,1,3H2. The van der Waals surface area contributed by atoms with Crippen molar-refractivity contribution >= 4 is 33.2 Å². The number of phenolic OH excluding ortho intramolecular Hbond substituents is 1. The van der Waals surface area contributed by atoms with E-state index in [1.807, 2.05) is 0 Å². The Bertz CT molecular complexity index is 492. The molecule has 1 heterocycles. The number of fused-ring (bicyclic) bond motifs is 1. The molecule has 0 atom stereocenters. The van der Waals surface area contributed by atoms with Crippen LogP contribution < -0.4 is 0 Å². The van der Waals surface area contributed by atoms with Crippen molar-refractivity contribution in [3.05, 3.63) is 34.8 Å². The van der Waals surface area contributed by atoms with Crippen LogP contribution in [0.5, 0.6) is 5.75 Å². The summed E-state index contributed by atoms with van der Waals surface area (Å²) in [6.45, 7) is 3.65. The number of thiazole rings is 1. The van der Waals surface area contributed by atoms with Gasteiger partial charge in [-0.2, -0.15) is 0 Å². The molecule has 2 aromatic rings. The van der Waals surface area contributed by atoms with Crippen molar-refractivity contribution in [2.24, 2.45) is 0 Å². The summed E-state index contributed by atoms with van der Waals surface area (Å²) in [6.07, 6.45) is 2.38. The van der Waals surface area contributed by atoms with E-state index in [0.29, 0.717) is 10.9 Å². The van der Waals surface area contributed by atoms with Crippen LogP contribution in [0.15, 0.2) is 24.8 Å². The summed E-state index contributed by atoms with van der Waals surface area (Å²) in [6, 6.07) is 3.40. The van der Waals surface area contributed by atoms with Crippen molar-refractivity contribution in [1.29, 1.82) is 0 Å². The van der Waals surface area contributed by atoms with E-state index in [0.717, 1.165) is 15.8 Å². The van der Waals surface area contributed by atoms with Crippen molar-refractivity contribution in [3.63, 3.8) is 0 Å². The maximum Gasteiger partial charge on any atom is 0.184 e. The molecule has 72 valence electrons. The minimum absolute atomic E-state index is 0.276. The van der Waals surface area contributed by atoms with Gasteiger partial charge in [0.1, 0.15) is 5.75 Å². The predicted octanol–water partition coefficient (Wildman–Crippen LogP) is 3.38. The van der Waals surface area contributed by atoms with Crippen LogP contribution in [0.2, 0.25) is 4.47 Å². The summed E-state index contributed by atoms with van der Waals surface area (Å²) >= 11 is 7.19. The van der Waals surface area contributed by atoms with Crippen molar-refractivity contribution in [2.45, 2.75) is 6.42 Å². The number of aromatic hydroxyl groups is 1. The van der Waals surface area contributed by atoms with E-state index in [-0.39, 0.29) is 5.75 Å². The van der Waals surface area contributed by atoms with Crippen LogP contribution >= 0.6 is 22.9 Å². The molecule has 4 heteroatoms. The second-order valence-electron chi connectivity index (χ2n) is 2.87. The molecule has 0 unspecified atom stereocenters. The number of allylic oxidation sites excluding steroid dienone is 1. The highest BCUT2D eigenvalue weighted by atomic mass is 35.5. The lowest BCUT2D eigenvalue weighted by Gasteiger charge is -2.01. The summed E-state index contributed by atoms with van der Waals surface area (Å²) < 4.78 is 1.44. The van der Waals surface area contributed by atoms with Crippen LogP contribution in [0.25, 0.3) is 10.2 Å². The van der Waals surface area contributed by atoms with Gasteiger partial charge in [-0.25, -0.2) is 4.98 Å². The molecule has 0 aliphatic rings. The van der Waals surface area contributed by atoms with E-state index in [1.165, 1.54) is 11.3 Å². The Kier molecular flexibility index (Phi) is 2.44. The van der Waals surface area contributed by atoms with Gasteiger partial charge in [0.25, 0.3) is 0 Å². The average Bonchev–Trinajstić information content (AvgIpc) is 2.51. The molecule has 0 saturated heterocycles. The number of nitrogens with zero attached hydrogens (tertiary/aromatic N) is 1. The maximum absolute atomic E-state index is 9.64. The molecule has 0 saturated carbocycles. The van der Waals surface area contributed by atoms with Crippen LogP contribution in [-0.4, -0.2) is 10.1 Å². The third-order valence-electron chi connectivity index (χ3n) is 1.96. The second kappa shape index (κ2) is 3.59. The van der Waals surface area contributed by atoms with Crippen molar-refractivity contribution < 1.29 is 5.11 Å². The molecule has 0 spiro atoms. The van der Waals surface area contributed by atoms with Gasteiger partial charge >= 0.3 is 0 Å². The third-order valence-corrected chi connectivity index (χ3v) is 3.19. The largest absolute Gasteiger partial charge is 0.508 e. The minimum Gasteiger partial charge on any atom is -0.508 e. The number of phenols is 1. The molecule has 0 aliphatic heterocycles. The van der Waals surface area contributed by atoms with Crippen LogP contribution in [0.3, 0.4) is 0 Å². The predicted molar refractivity (Wildman–Crippen MR) is 60.2 cm³/mol. The first-order chi connectivity index (χ1) is 6.72. The highest BCUT2D eigenvalue weighted by Crippen LogP contribution is 2.33. The number of halogens is 1. The zero-order valence-corrected chi connectivity index (χ0v) is 8.90. The van der Waals surface area contributed by atoms with Crippen molar-refractivity contribution in [2.75, 3.05) is 0 Å². The zero-order valence-electron chi connectivity index (χ0n) is 7.33. The Hall–Kier alpha value is -1.06. The molecule has 0 bridgehead atoms. The van der Waals surface area contributed by atoms with Gasteiger partial charge in [0.15, 0.2) is 4.47 Å². The SMILES string of the molecule is C=CCc1c(O)ccc2nc(Cl)sc12. The molecule has 0 aliphatic carbocycles. The molecular formula is C10H8ClNOS. The topological polar surface area (TPSA) is 33.1 Å². The van der Waals surface area contributed by atoms with Gasteiger partial charge in [-0.1, -0.05) is 17.7 Å². The van der Waals surface area contributed by atoms with E-state index >= 15 is 0 Å². The summed E-state index contributed by atoms with van der Waals surface area (Å²) in [7, 11) is 0. The van der Waals surface area contributed by atoms with E-state index in [9.17, 15) is 5.11 Å². The third kappa shape index (κ3) is 1.49. The van der Waals surface area contributed by atoms with Gasteiger partial charge in [-0.3, -0.25) is 0 Å². The Morgan fingerprint density at radius 3 is 3.07 bits per heavy atom. The van der Waals surface area contributed by atoms with Crippen LogP contribution in [0, 0.1) is 0 Å². The van der Waals surface area contributed by atoms with E-state index in [1.54, 1.807) is 18.2 Å².